The van der Waals surface area contributed by atoms with E-state index >= 15 is 0 Å². The van der Waals surface area contributed by atoms with Gasteiger partial charge in [-0.3, -0.25) is 4.79 Å². The van der Waals surface area contributed by atoms with Gasteiger partial charge in [0.15, 0.2) is 5.56 Å². The van der Waals surface area contributed by atoms with Crippen molar-refractivity contribution in [1.82, 2.24) is 4.57 Å². The molecule has 0 atom stereocenters. The quantitative estimate of drug-likeness (QED) is 0.546. The van der Waals surface area contributed by atoms with Gasteiger partial charge in [-0.05, 0) is 23.5 Å². The van der Waals surface area contributed by atoms with Gasteiger partial charge in [0.25, 0.3) is 0 Å². The number of hydrogen-bond donors (Lipinski definition) is 0. The smallest absolute Gasteiger partial charge is 0.197 e. The molecule has 0 aliphatic carbocycles. The van der Waals surface area contributed by atoms with Crippen molar-refractivity contribution in [2.75, 3.05) is 6.61 Å². The molecular formula is C17H15BrNO2Y-. The Kier molecular flexibility index (Phi) is 7.55. The predicted octanol–water partition coefficient (Wildman–Crippen LogP) is 3.42. The monoisotopic (exact) mass is 433 g/mol. The van der Waals surface area contributed by atoms with Gasteiger partial charge in [-0.25, -0.2) is 0 Å². The van der Waals surface area contributed by atoms with E-state index in [1.165, 1.54) is 0 Å². The Labute approximate surface area is 164 Å². The minimum Gasteiger partial charge on any atom is -0.481 e. The Morgan fingerprint density at radius 2 is 2.18 bits per heavy atom. The predicted molar refractivity (Wildman–Crippen MR) is 87.4 cm³/mol. The van der Waals surface area contributed by atoms with Gasteiger partial charge in [0.2, 0.25) is 0 Å². The first-order valence-electron chi connectivity index (χ1n) is 6.56. The number of pyridine rings is 1. The number of ether oxygens (including phenoxy) is 1. The van der Waals surface area contributed by atoms with E-state index in [1.54, 1.807) is 17.6 Å². The Morgan fingerprint density at radius 3 is 2.77 bits per heavy atom. The maximum Gasteiger partial charge on any atom is 0.197 e. The molecule has 0 N–H and O–H groups in total. The SMILES string of the molecule is C#CCOc1ccc(-c2[c-]cc(C)c(=O)n2CC)c(Br)c1.[Y]. The van der Waals surface area contributed by atoms with Gasteiger partial charge in [-0.1, -0.05) is 45.6 Å². The van der Waals surface area contributed by atoms with Gasteiger partial charge in [0.1, 0.15) is 12.4 Å². The average Bonchev–Trinajstić information content (AvgIpc) is 2.48. The van der Waals surface area contributed by atoms with Crippen molar-refractivity contribution >= 4 is 15.9 Å². The van der Waals surface area contributed by atoms with Crippen LogP contribution in [0.25, 0.3) is 11.3 Å². The Hall–Kier alpha value is -0.886. The normalized spacial score (nSPS) is 9.73. The first-order valence-corrected chi connectivity index (χ1v) is 7.36. The second-order valence-electron chi connectivity index (χ2n) is 4.50. The Morgan fingerprint density at radius 1 is 1.45 bits per heavy atom. The van der Waals surface area contributed by atoms with Crippen LogP contribution in [0.5, 0.6) is 5.75 Å². The summed E-state index contributed by atoms with van der Waals surface area (Å²) in [4.78, 5) is 12.2. The minimum absolute atomic E-state index is 0. The van der Waals surface area contributed by atoms with E-state index in [-0.39, 0.29) is 44.9 Å². The zero-order valence-corrected chi connectivity index (χ0v) is 16.9. The fourth-order valence-corrected chi connectivity index (χ4v) is 2.60. The molecule has 0 aliphatic rings. The second kappa shape index (κ2) is 8.67. The summed E-state index contributed by atoms with van der Waals surface area (Å²) in [6.45, 7) is 4.55. The van der Waals surface area contributed by atoms with E-state index in [2.05, 4.69) is 27.9 Å². The van der Waals surface area contributed by atoms with E-state index < -0.39 is 0 Å². The van der Waals surface area contributed by atoms with Crippen LogP contribution in [0, 0.1) is 25.3 Å². The number of hydrogen-bond acceptors (Lipinski definition) is 2. The maximum atomic E-state index is 12.2. The van der Waals surface area contributed by atoms with Crippen LogP contribution in [0.15, 0.2) is 33.5 Å². The van der Waals surface area contributed by atoms with Crippen LogP contribution < -0.4 is 10.3 Å². The molecule has 0 fully saturated rings. The number of aromatic nitrogens is 1. The summed E-state index contributed by atoms with van der Waals surface area (Å²) in [6.07, 6.45) is 5.17. The van der Waals surface area contributed by atoms with Gasteiger partial charge >= 0.3 is 0 Å². The van der Waals surface area contributed by atoms with Crippen LogP contribution >= 0.6 is 15.9 Å². The molecule has 0 spiro atoms. The van der Waals surface area contributed by atoms with E-state index in [4.69, 9.17) is 11.2 Å². The first kappa shape index (κ1) is 19.2. The zero-order valence-electron chi connectivity index (χ0n) is 12.5. The molecule has 111 valence electrons. The summed E-state index contributed by atoms with van der Waals surface area (Å²) in [5.41, 5.74) is 2.34. The topological polar surface area (TPSA) is 31.2 Å². The summed E-state index contributed by atoms with van der Waals surface area (Å²) in [5, 5.41) is 0. The van der Waals surface area contributed by atoms with Crippen molar-refractivity contribution < 1.29 is 37.4 Å². The van der Waals surface area contributed by atoms with Crippen LogP contribution in [-0.4, -0.2) is 11.2 Å². The molecule has 0 amide bonds. The molecule has 0 unspecified atom stereocenters. The largest absolute Gasteiger partial charge is 0.481 e. The summed E-state index contributed by atoms with van der Waals surface area (Å²) in [6, 6.07) is 10.5. The molecule has 1 radical (unpaired) electrons. The standard InChI is InChI=1S/C17H15BrNO2.Y/c1-4-10-21-13-7-8-14(15(18)11-13)16-9-6-12(3)17(20)19(16)5-2;/h1,6-8,11H,5,10H2,2-3H3;/q-1;. The van der Waals surface area contributed by atoms with Crippen molar-refractivity contribution in [3.8, 4) is 29.4 Å². The van der Waals surface area contributed by atoms with Gasteiger partial charge in [0.05, 0.1) is 0 Å². The fraction of sp³-hybridized carbons (Fsp3) is 0.235. The maximum absolute atomic E-state index is 12.2. The van der Waals surface area contributed by atoms with Crippen LogP contribution in [-0.2, 0) is 39.3 Å². The number of halogens is 1. The summed E-state index contributed by atoms with van der Waals surface area (Å²) < 4.78 is 7.92. The third-order valence-corrected chi connectivity index (χ3v) is 3.77. The zero-order chi connectivity index (χ0) is 15.4. The van der Waals surface area contributed by atoms with Crippen LogP contribution in [0.1, 0.15) is 12.5 Å². The van der Waals surface area contributed by atoms with Crippen molar-refractivity contribution in [3.05, 3.63) is 50.7 Å². The molecule has 0 saturated carbocycles. The first-order chi connectivity index (χ1) is 10.1. The average molecular weight is 434 g/mol. The molecule has 3 nitrogen and oxygen atoms in total. The molecule has 2 aromatic rings. The van der Waals surface area contributed by atoms with Crippen molar-refractivity contribution in [3.63, 3.8) is 0 Å². The molecule has 1 heterocycles. The molecule has 5 heteroatoms. The molecule has 0 aliphatic heterocycles. The summed E-state index contributed by atoms with van der Waals surface area (Å²) in [5.74, 6) is 3.11. The fourth-order valence-electron chi connectivity index (χ4n) is 2.06. The second-order valence-corrected chi connectivity index (χ2v) is 5.36. The number of nitrogens with zero attached hydrogens (tertiary/aromatic N) is 1. The molecule has 0 saturated heterocycles. The third kappa shape index (κ3) is 4.10. The van der Waals surface area contributed by atoms with Crippen LogP contribution in [0.3, 0.4) is 0 Å². The third-order valence-electron chi connectivity index (χ3n) is 3.11. The van der Waals surface area contributed by atoms with Crippen molar-refractivity contribution in [2.45, 2.75) is 20.4 Å². The number of rotatable bonds is 4. The Bertz CT molecular complexity index is 762. The van der Waals surface area contributed by atoms with E-state index in [9.17, 15) is 4.79 Å². The van der Waals surface area contributed by atoms with Gasteiger partial charge in [-0.15, -0.1) is 12.5 Å². The molecule has 1 aromatic carbocycles. The number of aryl methyl sites for hydroxylation is 1. The van der Waals surface area contributed by atoms with Gasteiger partial charge < -0.3 is 9.30 Å². The van der Waals surface area contributed by atoms with Gasteiger partial charge in [0, 0.05) is 39.3 Å². The molecule has 1 aromatic heterocycles. The van der Waals surface area contributed by atoms with Crippen LogP contribution in [0.4, 0.5) is 0 Å². The number of benzene rings is 1. The molecular weight excluding hydrogens is 419 g/mol. The summed E-state index contributed by atoms with van der Waals surface area (Å²) in [7, 11) is 0. The van der Waals surface area contributed by atoms with E-state index in [0.717, 1.165) is 15.7 Å². The van der Waals surface area contributed by atoms with E-state index in [1.807, 2.05) is 25.1 Å². The minimum atomic E-state index is 0. The molecule has 22 heavy (non-hydrogen) atoms. The van der Waals surface area contributed by atoms with Crippen molar-refractivity contribution in [1.29, 1.82) is 0 Å². The number of terminal acetylenes is 1. The van der Waals surface area contributed by atoms with E-state index in [0.29, 0.717) is 17.9 Å². The van der Waals surface area contributed by atoms with Gasteiger partial charge in [-0.2, -0.15) is 12.1 Å². The van der Waals surface area contributed by atoms with Crippen molar-refractivity contribution in [2.24, 2.45) is 0 Å². The molecule has 2 rings (SSSR count). The summed E-state index contributed by atoms with van der Waals surface area (Å²) >= 11 is 3.52. The Balaban J connectivity index is 0.00000242. The van der Waals surface area contributed by atoms with Crippen LogP contribution in [0.2, 0.25) is 0 Å². The molecule has 0 bridgehead atoms.